The van der Waals surface area contributed by atoms with Gasteiger partial charge in [-0.3, -0.25) is 4.79 Å². The molecule has 88 valence electrons. The summed E-state index contributed by atoms with van der Waals surface area (Å²) in [5, 5.41) is 9.59. The maximum Gasteiger partial charge on any atom is 0.185 e. The van der Waals surface area contributed by atoms with Gasteiger partial charge in [-0.2, -0.15) is 0 Å². The average molecular weight is 230 g/mol. The molecule has 0 saturated heterocycles. The van der Waals surface area contributed by atoms with Gasteiger partial charge in [-0.1, -0.05) is 37.1 Å². The Kier molecular flexibility index (Phi) is 10.1. The predicted octanol–water partition coefficient (Wildman–Crippen LogP) is 3.15. The Morgan fingerprint density at radius 2 is 2.07 bits per heavy atom. The Labute approximate surface area is 97.1 Å². The Morgan fingerprint density at radius 3 is 2.67 bits per heavy atom. The molecule has 1 N–H and O–H groups in total. The lowest BCUT2D eigenvalue weighted by atomic mass is 10.1. The van der Waals surface area contributed by atoms with Crippen LogP contribution in [0.25, 0.3) is 0 Å². The molecule has 0 rings (SSSR count). The summed E-state index contributed by atoms with van der Waals surface area (Å²) >= 11 is 1.21. The molecule has 0 spiro atoms. The van der Waals surface area contributed by atoms with Crippen LogP contribution in [0.15, 0.2) is 12.7 Å². The van der Waals surface area contributed by atoms with E-state index >= 15 is 0 Å². The fourth-order valence-electron chi connectivity index (χ4n) is 1.32. The van der Waals surface area contributed by atoms with Crippen molar-refractivity contribution in [2.75, 3.05) is 5.75 Å². The maximum atomic E-state index is 10.6. The van der Waals surface area contributed by atoms with E-state index in [0.717, 1.165) is 25.7 Å². The molecule has 0 aromatic carbocycles. The van der Waals surface area contributed by atoms with Crippen LogP contribution in [0.5, 0.6) is 0 Å². The van der Waals surface area contributed by atoms with Crippen molar-refractivity contribution in [1.29, 1.82) is 0 Å². The first kappa shape index (κ1) is 14.7. The molecule has 2 nitrogen and oxygen atoms in total. The number of hydrogen-bond donors (Lipinski definition) is 1. The summed E-state index contributed by atoms with van der Waals surface area (Å²) in [6.45, 7) is 5.21. The number of carbonyl (C=O) groups is 1. The number of allylic oxidation sites excluding steroid dienone is 1. The van der Waals surface area contributed by atoms with Gasteiger partial charge in [0.2, 0.25) is 0 Å². The Hall–Kier alpha value is -0.280. The van der Waals surface area contributed by atoms with E-state index in [0.29, 0.717) is 5.75 Å². The number of aliphatic hydroxyl groups excluding tert-OH is 1. The van der Waals surface area contributed by atoms with Crippen molar-refractivity contribution in [2.45, 2.75) is 51.6 Å². The second-order valence-corrected chi connectivity index (χ2v) is 4.93. The predicted molar refractivity (Wildman–Crippen MR) is 67.0 cm³/mol. The number of aliphatic hydroxyl groups is 1. The summed E-state index contributed by atoms with van der Waals surface area (Å²) in [4.78, 5) is 10.6. The molecule has 0 aliphatic rings. The van der Waals surface area contributed by atoms with Crippen molar-refractivity contribution >= 4 is 16.9 Å². The molecule has 1 atom stereocenters. The molecule has 1 unspecified atom stereocenters. The van der Waals surface area contributed by atoms with E-state index in [1.54, 1.807) is 0 Å². The lowest BCUT2D eigenvalue weighted by Gasteiger charge is -2.08. The fraction of sp³-hybridized carbons (Fsp3) is 0.750. The van der Waals surface area contributed by atoms with E-state index in [-0.39, 0.29) is 11.2 Å². The summed E-state index contributed by atoms with van der Waals surface area (Å²) in [5.74, 6) is 0.544. The minimum Gasteiger partial charge on any atom is -0.392 e. The second-order valence-electron chi connectivity index (χ2n) is 3.74. The van der Waals surface area contributed by atoms with Gasteiger partial charge in [0, 0.05) is 12.7 Å². The van der Waals surface area contributed by atoms with Crippen molar-refractivity contribution < 1.29 is 9.90 Å². The Balaban J connectivity index is 3.19. The molecule has 0 bridgehead atoms. The molecule has 0 saturated carbocycles. The third-order valence-corrected chi connectivity index (χ3v) is 3.13. The van der Waals surface area contributed by atoms with Crippen molar-refractivity contribution in [1.82, 2.24) is 0 Å². The Bertz CT molecular complexity index is 180. The van der Waals surface area contributed by atoms with Gasteiger partial charge in [0.1, 0.15) is 0 Å². The number of rotatable bonds is 9. The topological polar surface area (TPSA) is 37.3 Å². The molecular formula is C12H22O2S. The molecule has 0 heterocycles. The van der Waals surface area contributed by atoms with Gasteiger partial charge in [-0.25, -0.2) is 0 Å². The van der Waals surface area contributed by atoms with Crippen LogP contribution >= 0.6 is 11.8 Å². The van der Waals surface area contributed by atoms with Crippen LogP contribution in [0.3, 0.4) is 0 Å². The highest BCUT2D eigenvalue weighted by atomic mass is 32.2. The summed E-state index contributed by atoms with van der Waals surface area (Å²) in [5.41, 5.74) is 0. The van der Waals surface area contributed by atoms with Crippen LogP contribution < -0.4 is 0 Å². The highest BCUT2D eigenvalue weighted by Gasteiger charge is 2.05. The van der Waals surface area contributed by atoms with E-state index in [2.05, 4.69) is 6.58 Å². The summed E-state index contributed by atoms with van der Waals surface area (Å²) in [7, 11) is 0. The number of carbonyl (C=O) groups excluding carboxylic acids is 1. The molecule has 3 heteroatoms. The first-order valence-corrected chi connectivity index (χ1v) is 6.57. The molecule has 0 aromatic heterocycles. The minimum atomic E-state index is -0.321. The smallest absolute Gasteiger partial charge is 0.185 e. The van der Waals surface area contributed by atoms with E-state index < -0.39 is 0 Å². The van der Waals surface area contributed by atoms with E-state index in [1.807, 2.05) is 6.08 Å². The normalized spacial score (nSPS) is 12.4. The van der Waals surface area contributed by atoms with Crippen LogP contribution in [-0.4, -0.2) is 22.1 Å². The van der Waals surface area contributed by atoms with Crippen LogP contribution in [-0.2, 0) is 4.79 Å². The van der Waals surface area contributed by atoms with Crippen molar-refractivity contribution in [3.8, 4) is 0 Å². The zero-order chi connectivity index (χ0) is 11.5. The van der Waals surface area contributed by atoms with Crippen LogP contribution in [0.4, 0.5) is 0 Å². The Morgan fingerprint density at radius 1 is 1.40 bits per heavy atom. The third-order valence-electron chi connectivity index (χ3n) is 2.17. The number of hydrogen-bond acceptors (Lipinski definition) is 3. The molecule has 0 amide bonds. The molecule has 0 aliphatic heterocycles. The molecule has 0 aliphatic carbocycles. The van der Waals surface area contributed by atoms with Gasteiger partial charge in [0.05, 0.1) is 6.10 Å². The number of thioether (sulfide) groups is 1. The van der Waals surface area contributed by atoms with Gasteiger partial charge in [-0.05, 0) is 19.3 Å². The zero-order valence-electron chi connectivity index (χ0n) is 9.58. The zero-order valence-corrected chi connectivity index (χ0v) is 10.4. The van der Waals surface area contributed by atoms with E-state index in [9.17, 15) is 9.90 Å². The molecule has 0 aromatic rings. The molecule has 15 heavy (non-hydrogen) atoms. The van der Waals surface area contributed by atoms with E-state index in [4.69, 9.17) is 0 Å². The third kappa shape index (κ3) is 11.6. The van der Waals surface area contributed by atoms with Crippen LogP contribution in [0.1, 0.15) is 45.4 Å². The summed E-state index contributed by atoms with van der Waals surface area (Å²) in [6.07, 6.45) is 8.14. The van der Waals surface area contributed by atoms with Gasteiger partial charge >= 0.3 is 0 Å². The first-order chi connectivity index (χ1) is 7.16. The monoisotopic (exact) mass is 230 g/mol. The average Bonchev–Trinajstić information content (AvgIpc) is 2.20. The van der Waals surface area contributed by atoms with Crippen LogP contribution in [0, 0.1) is 0 Å². The summed E-state index contributed by atoms with van der Waals surface area (Å²) < 4.78 is 0. The highest BCUT2D eigenvalue weighted by Crippen LogP contribution is 2.11. The SMILES string of the molecule is C=CCCCCCCC(O)CSC(C)=O. The fourth-order valence-corrected chi connectivity index (χ4v) is 1.91. The standard InChI is InChI=1S/C12H22O2S/c1-3-4-5-6-7-8-9-12(14)10-15-11(2)13/h3,12,14H,1,4-10H2,2H3. The van der Waals surface area contributed by atoms with Gasteiger partial charge in [0.25, 0.3) is 0 Å². The quantitative estimate of drug-likeness (QED) is 0.488. The van der Waals surface area contributed by atoms with Crippen molar-refractivity contribution in [2.24, 2.45) is 0 Å². The largest absolute Gasteiger partial charge is 0.392 e. The van der Waals surface area contributed by atoms with E-state index in [1.165, 1.54) is 31.5 Å². The lowest BCUT2D eigenvalue weighted by Crippen LogP contribution is -2.10. The second kappa shape index (κ2) is 10.2. The van der Waals surface area contributed by atoms with Crippen LogP contribution in [0.2, 0.25) is 0 Å². The van der Waals surface area contributed by atoms with Crippen molar-refractivity contribution in [3.05, 3.63) is 12.7 Å². The molecule has 0 fully saturated rings. The van der Waals surface area contributed by atoms with Gasteiger partial charge < -0.3 is 5.11 Å². The highest BCUT2D eigenvalue weighted by molar-refractivity contribution is 8.13. The van der Waals surface area contributed by atoms with Gasteiger partial charge in [-0.15, -0.1) is 6.58 Å². The van der Waals surface area contributed by atoms with Gasteiger partial charge in [0.15, 0.2) is 5.12 Å². The maximum absolute atomic E-state index is 10.6. The minimum absolute atomic E-state index is 0.0834. The van der Waals surface area contributed by atoms with Crippen molar-refractivity contribution in [3.63, 3.8) is 0 Å². The lowest BCUT2D eigenvalue weighted by molar-refractivity contribution is -0.109. The number of unbranched alkanes of at least 4 members (excludes halogenated alkanes) is 4. The first-order valence-electron chi connectivity index (χ1n) is 5.59. The molecule has 0 radical (unpaired) electrons. The summed E-state index contributed by atoms with van der Waals surface area (Å²) in [6, 6.07) is 0. The molecular weight excluding hydrogens is 208 g/mol.